The molecule has 1 aliphatic heterocycles. The lowest BCUT2D eigenvalue weighted by atomic mass is 9.95. The molecule has 0 unspecified atom stereocenters. The Morgan fingerprint density at radius 1 is 0.848 bits per heavy atom. The highest BCUT2D eigenvalue weighted by atomic mass is 16.2. The largest absolute Gasteiger partial charge is 0.372 e. The van der Waals surface area contributed by atoms with E-state index in [-0.39, 0.29) is 5.91 Å². The highest BCUT2D eigenvalue weighted by Crippen LogP contribution is 2.31. The van der Waals surface area contributed by atoms with Gasteiger partial charge in [-0.1, -0.05) is 54.6 Å². The van der Waals surface area contributed by atoms with Crippen LogP contribution in [0.4, 0.5) is 5.69 Å². The van der Waals surface area contributed by atoms with E-state index in [1.54, 1.807) is 6.08 Å². The molecule has 0 saturated heterocycles. The molecule has 0 aliphatic carbocycles. The Kier molecular flexibility index (Phi) is 6.55. The van der Waals surface area contributed by atoms with Crippen molar-refractivity contribution in [2.75, 3.05) is 18.5 Å². The van der Waals surface area contributed by atoms with Crippen molar-refractivity contribution in [3.63, 3.8) is 0 Å². The van der Waals surface area contributed by atoms with Crippen LogP contribution in [0.2, 0.25) is 0 Å². The van der Waals surface area contributed by atoms with Crippen LogP contribution in [0.1, 0.15) is 27.0 Å². The number of rotatable bonds is 4. The van der Waals surface area contributed by atoms with Gasteiger partial charge in [-0.3, -0.25) is 9.59 Å². The van der Waals surface area contributed by atoms with Crippen LogP contribution in [-0.2, 0) is 11.3 Å². The molecule has 4 heteroatoms. The molecule has 0 spiro atoms. The number of nitrogens with zero attached hydrogens (tertiary/aromatic N) is 2. The van der Waals surface area contributed by atoms with Crippen molar-refractivity contribution < 1.29 is 9.59 Å². The molecule has 0 bridgehead atoms. The number of anilines is 1. The van der Waals surface area contributed by atoms with Gasteiger partial charge in [0.2, 0.25) is 0 Å². The zero-order valence-corrected chi connectivity index (χ0v) is 19.3. The van der Waals surface area contributed by atoms with Crippen LogP contribution in [0.5, 0.6) is 0 Å². The van der Waals surface area contributed by atoms with E-state index >= 15 is 0 Å². The summed E-state index contributed by atoms with van der Waals surface area (Å²) in [4.78, 5) is 28.4. The van der Waals surface area contributed by atoms with E-state index in [1.807, 2.05) is 66.6 Å². The third-order valence-electron chi connectivity index (χ3n) is 6.13. The van der Waals surface area contributed by atoms with Crippen molar-refractivity contribution in [1.82, 2.24) is 4.90 Å². The van der Waals surface area contributed by atoms with Gasteiger partial charge in [0.15, 0.2) is 0 Å². The Balaban J connectivity index is 1.73. The average Bonchev–Trinajstić information content (AvgIpc) is 2.95. The number of aldehydes is 1. The number of likely N-dealkylation sites (N-methyl/N-ethyl adjacent to an activating group) is 1. The summed E-state index contributed by atoms with van der Waals surface area (Å²) >= 11 is 0. The molecule has 0 saturated carbocycles. The first-order valence-corrected chi connectivity index (χ1v) is 11.1. The van der Waals surface area contributed by atoms with Gasteiger partial charge in [0.25, 0.3) is 5.91 Å². The van der Waals surface area contributed by atoms with E-state index < -0.39 is 0 Å². The number of carbonyl (C=O) groups is 2. The summed E-state index contributed by atoms with van der Waals surface area (Å²) in [5.74, 6) is -0.0394. The summed E-state index contributed by atoms with van der Waals surface area (Å²) < 4.78 is 0. The number of carbonyl (C=O) groups excluding carboxylic acids is 2. The first-order chi connectivity index (χ1) is 16.0. The maximum absolute atomic E-state index is 13.8. The zero-order valence-electron chi connectivity index (χ0n) is 19.3. The van der Waals surface area contributed by atoms with Crippen molar-refractivity contribution in [2.24, 2.45) is 0 Å². The molecule has 0 aromatic heterocycles. The topological polar surface area (TPSA) is 40.6 Å². The number of fused-ring (bicyclic) bond motifs is 1. The quantitative estimate of drug-likeness (QED) is 0.389. The lowest BCUT2D eigenvalue weighted by molar-refractivity contribution is -0.104. The summed E-state index contributed by atoms with van der Waals surface area (Å²) in [6.07, 6.45) is 5.83. The van der Waals surface area contributed by atoms with Gasteiger partial charge in [-0.05, 0) is 72.0 Å². The molecule has 4 rings (SSSR count). The van der Waals surface area contributed by atoms with E-state index in [1.165, 1.54) is 17.2 Å². The fraction of sp³-hybridized carbons (Fsp3) is 0.172. The molecule has 1 heterocycles. The predicted molar refractivity (Wildman–Crippen MR) is 134 cm³/mol. The van der Waals surface area contributed by atoms with Crippen LogP contribution in [0.25, 0.3) is 11.1 Å². The lowest BCUT2D eigenvalue weighted by Gasteiger charge is -2.25. The minimum absolute atomic E-state index is 0.0394. The highest BCUT2D eigenvalue weighted by molar-refractivity contribution is 6.07. The van der Waals surface area contributed by atoms with Crippen molar-refractivity contribution in [2.45, 2.75) is 20.4 Å². The van der Waals surface area contributed by atoms with E-state index in [0.29, 0.717) is 18.7 Å². The number of hydrogen-bond acceptors (Lipinski definition) is 3. The Hall–Kier alpha value is -3.92. The Bertz CT molecular complexity index is 1260. The van der Waals surface area contributed by atoms with Crippen molar-refractivity contribution >= 4 is 17.9 Å². The maximum atomic E-state index is 13.8. The van der Waals surface area contributed by atoms with Crippen molar-refractivity contribution in [3.8, 4) is 11.1 Å². The van der Waals surface area contributed by atoms with E-state index in [0.717, 1.165) is 34.4 Å². The van der Waals surface area contributed by atoms with Gasteiger partial charge in [0.05, 0.1) is 6.54 Å². The molecule has 4 nitrogen and oxygen atoms in total. The normalized spacial score (nSPS) is 14.9. The summed E-state index contributed by atoms with van der Waals surface area (Å²) in [5, 5.41) is 0. The molecule has 3 aromatic rings. The van der Waals surface area contributed by atoms with Crippen LogP contribution in [0.15, 0.2) is 90.7 Å². The van der Waals surface area contributed by atoms with Gasteiger partial charge < -0.3 is 9.80 Å². The van der Waals surface area contributed by atoms with Gasteiger partial charge in [-0.2, -0.15) is 0 Å². The summed E-state index contributed by atoms with van der Waals surface area (Å²) in [6, 6.07) is 22.3. The van der Waals surface area contributed by atoms with Gasteiger partial charge >= 0.3 is 0 Å². The van der Waals surface area contributed by atoms with Gasteiger partial charge in [-0.25, -0.2) is 0 Å². The smallest absolute Gasteiger partial charge is 0.258 e. The Labute approximate surface area is 195 Å². The van der Waals surface area contributed by atoms with Gasteiger partial charge in [0, 0.05) is 30.5 Å². The standard InChI is InChI=1S/C29H28N2O2/c1-21-10-4-6-13-26(21)27-16-15-23(18-22(27)2)29(33)31-20-25(12-8-9-17-32)30(3)19-24-11-5-7-14-28(24)31/h4-18H,19-20H2,1-3H3/b9-8+,25-12-. The zero-order chi connectivity index (χ0) is 23.4. The summed E-state index contributed by atoms with van der Waals surface area (Å²) in [5.41, 5.74) is 8.23. The molecule has 0 radical (unpaired) electrons. The second kappa shape index (κ2) is 9.70. The molecule has 166 valence electrons. The molecule has 0 N–H and O–H groups in total. The first-order valence-electron chi connectivity index (χ1n) is 11.1. The summed E-state index contributed by atoms with van der Waals surface area (Å²) in [7, 11) is 2.01. The number of para-hydroxylation sites is 1. The van der Waals surface area contributed by atoms with Crippen molar-refractivity contribution in [3.05, 3.63) is 113 Å². The second-order valence-corrected chi connectivity index (χ2v) is 8.40. The van der Waals surface area contributed by atoms with Crippen molar-refractivity contribution in [1.29, 1.82) is 0 Å². The number of allylic oxidation sites excluding steroid dienone is 3. The molecular weight excluding hydrogens is 408 g/mol. The molecule has 0 atom stereocenters. The molecule has 3 aromatic carbocycles. The first kappa shape index (κ1) is 22.3. The number of benzene rings is 3. The van der Waals surface area contributed by atoms with E-state index in [4.69, 9.17) is 0 Å². The minimum atomic E-state index is -0.0394. The molecule has 33 heavy (non-hydrogen) atoms. The SMILES string of the molecule is Cc1ccccc1-c1ccc(C(=O)N2C/C(=C/C=C/C=O)N(C)Cc3ccccc32)cc1C. The average molecular weight is 437 g/mol. The van der Waals surface area contributed by atoms with Crippen LogP contribution in [0, 0.1) is 13.8 Å². The van der Waals surface area contributed by atoms with Crippen LogP contribution in [0.3, 0.4) is 0 Å². The lowest BCUT2D eigenvalue weighted by Crippen LogP contribution is -2.34. The Morgan fingerprint density at radius 2 is 1.58 bits per heavy atom. The van der Waals surface area contributed by atoms with Crippen LogP contribution >= 0.6 is 0 Å². The molecule has 0 fully saturated rings. The monoisotopic (exact) mass is 436 g/mol. The third-order valence-corrected chi connectivity index (χ3v) is 6.13. The van der Waals surface area contributed by atoms with Crippen LogP contribution < -0.4 is 4.90 Å². The van der Waals surface area contributed by atoms with Gasteiger partial charge in [-0.15, -0.1) is 0 Å². The number of hydrogen-bond donors (Lipinski definition) is 0. The third kappa shape index (κ3) is 4.65. The molecule has 1 amide bonds. The Morgan fingerprint density at radius 3 is 2.33 bits per heavy atom. The van der Waals surface area contributed by atoms with E-state index in [2.05, 4.69) is 36.9 Å². The predicted octanol–water partition coefficient (Wildman–Crippen LogP) is 5.70. The molecular formula is C29H28N2O2. The second-order valence-electron chi connectivity index (χ2n) is 8.40. The fourth-order valence-corrected chi connectivity index (χ4v) is 4.34. The summed E-state index contributed by atoms with van der Waals surface area (Å²) in [6.45, 7) is 5.27. The van der Waals surface area contributed by atoms with E-state index in [9.17, 15) is 9.59 Å². The molecule has 1 aliphatic rings. The minimum Gasteiger partial charge on any atom is -0.372 e. The number of amides is 1. The van der Waals surface area contributed by atoms with Gasteiger partial charge in [0.1, 0.15) is 6.29 Å². The fourth-order valence-electron chi connectivity index (χ4n) is 4.34. The number of aryl methyl sites for hydroxylation is 2. The van der Waals surface area contributed by atoms with Crippen LogP contribution in [-0.4, -0.2) is 30.7 Å². The highest BCUT2D eigenvalue weighted by Gasteiger charge is 2.26. The maximum Gasteiger partial charge on any atom is 0.258 e.